The molecule has 1 heteroatoms. The van der Waals surface area contributed by atoms with Gasteiger partial charge in [-0.2, -0.15) is 0 Å². The molecule has 0 aromatic rings. The van der Waals surface area contributed by atoms with Gasteiger partial charge in [-0.05, 0) is 43.6 Å². The van der Waals surface area contributed by atoms with Crippen molar-refractivity contribution in [2.45, 2.75) is 32.1 Å². The molecule has 0 aromatic heterocycles. The summed E-state index contributed by atoms with van der Waals surface area (Å²) in [5.41, 5.74) is 0. The second-order valence-corrected chi connectivity index (χ2v) is 4.46. The summed E-state index contributed by atoms with van der Waals surface area (Å²) in [5.74, 6) is 1.50. The molecule has 0 N–H and O–H groups in total. The highest BCUT2D eigenvalue weighted by molar-refractivity contribution is 5.90. The normalized spacial score (nSPS) is 31.3. The zero-order valence-electron chi connectivity index (χ0n) is 9.06. The van der Waals surface area contributed by atoms with Gasteiger partial charge in [0.15, 0.2) is 5.78 Å². The van der Waals surface area contributed by atoms with E-state index in [-0.39, 0.29) is 5.78 Å². The average Bonchev–Trinajstić information content (AvgIpc) is 2.30. The van der Waals surface area contributed by atoms with Gasteiger partial charge in [-0.3, -0.25) is 4.79 Å². The molecule has 0 saturated carbocycles. The van der Waals surface area contributed by atoms with Crippen molar-refractivity contribution >= 4 is 5.78 Å². The Morgan fingerprint density at radius 2 is 2.13 bits per heavy atom. The predicted molar refractivity (Wildman–Crippen MR) is 62.5 cm³/mol. The minimum absolute atomic E-state index is 0.278. The highest BCUT2D eigenvalue weighted by Crippen LogP contribution is 2.22. The van der Waals surface area contributed by atoms with E-state index in [1.807, 2.05) is 6.08 Å². The number of carbonyl (C=O) groups excluding carboxylic acids is 1. The van der Waals surface area contributed by atoms with Crippen molar-refractivity contribution in [3.8, 4) is 0 Å². The van der Waals surface area contributed by atoms with Gasteiger partial charge >= 0.3 is 0 Å². The zero-order valence-corrected chi connectivity index (χ0v) is 9.06. The summed E-state index contributed by atoms with van der Waals surface area (Å²) >= 11 is 0. The first-order valence-electron chi connectivity index (χ1n) is 5.89. The van der Waals surface area contributed by atoms with E-state index in [0.29, 0.717) is 5.92 Å². The fourth-order valence-corrected chi connectivity index (χ4v) is 2.17. The Labute approximate surface area is 91.6 Å². The number of ketones is 1. The van der Waals surface area contributed by atoms with Crippen LogP contribution in [0, 0.1) is 11.8 Å². The molecule has 80 valence electrons. The molecule has 0 aliphatic heterocycles. The largest absolute Gasteiger partial charge is 0.295 e. The van der Waals surface area contributed by atoms with E-state index in [4.69, 9.17) is 0 Å². The van der Waals surface area contributed by atoms with Crippen LogP contribution >= 0.6 is 0 Å². The molecule has 0 radical (unpaired) electrons. The van der Waals surface area contributed by atoms with E-state index in [1.54, 1.807) is 6.08 Å². The Hall–Kier alpha value is -1.11. The molecular weight excluding hydrogens is 184 g/mol. The van der Waals surface area contributed by atoms with Crippen LogP contribution in [0.3, 0.4) is 0 Å². The van der Waals surface area contributed by atoms with Crippen molar-refractivity contribution in [3.05, 3.63) is 36.5 Å². The number of rotatable bonds is 2. The van der Waals surface area contributed by atoms with Crippen LogP contribution in [0.4, 0.5) is 0 Å². The van der Waals surface area contributed by atoms with Gasteiger partial charge in [0.05, 0.1) is 0 Å². The molecule has 0 aromatic carbocycles. The van der Waals surface area contributed by atoms with Gasteiger partial charge in [-0.25, -0.2) is 0 Å². The lowest BCUT2D eigenvalue weighted by atomic mass is 9.90. The topological polar surface area (TPSA) is 17.1 Å². The Morgan fingerprint density at radius 3 is 2.80 bits per heavy atom. The van der Waals surface area contributed by atoms with Crippen LogP contribution in [0.5, 0.6) is 0 Å². The minimum atomic E-state index is 0.278. The molecular formula is C14H18O. The summed E-state index contributed by atoms with van der Waals surface area (Å²) in [6.45, 7) is 0. The van der Waals surface area contributed by atoms with Crippen molar-refractivity contribution in [1.29, 1.82) is 0 Å². The molecule has 1 nitrogen and oxygen atoms in total. The van der Waals surface area contributed by atoms with Crippen molar-refractivity contribution < 1.29 is 4.79 Å². The van der Waals surface area contributed by atoms with Crippen LogP contribution in [0.1, 0.15) is 32.1 Å². The lowest BCUT2D eigenvalue weighted by molar-refractivity contribution is -0.115. The van der Waals surface area contributed by atoms with Gasteiger partial charge in [0.25, 0.3) is 0 Å². The standard InChI is InChI=1S/C14H18O/c15-14-10-8-13(9-11-14)7-6-12-4-2-1-3-5-12/h1-2,6-8,10,12-13H,3-5,9,11H2/b7-6+. The van der Waals surface area contributed by atoms with Crippen molar-refractivity contribution in [3.63, 3.8) is 0 Å². The van der Waals surface area contributed by atoms with Crippen LogP contribution in [-0.4, -0.2) is 5.78 Å². The zero-order chi connectivity index (χ0) is 10.5. The van der Waals surface area contributed by atoms with E-state index < -0.39 is 0 Å². The smallest absolute Gasteiger partial charge is 0.155 e. The maximum atomic E-state index is 11.0. The van der Waals surface area contributed by atoms with Crippen LogP contribution in [0.25, 0.3) is 0 Å². The van der Waals surface area contributed by atoms with E-state index in [9.17, 15) is 4.79 Å². The Kier molecular flexibility index (Phi) is 3.54. The summed E-state index contributed by atoms with van der Waals surface area (Å²) in [5, 5.41) is 0. The van der Waals surface area contributed by atoms with Gasteiger partial charge in [-0.15, -0.1) is 0 Å². The molecule has 15 heavy (non-hydrogen) atoms. The highest BCUT2D eigenvalue weighted by atomic mass is 16.1. The van der Waals surface area contributed by atoms with Crippen LogP contribution < -0.4 is 0 Å². The monoisotopic (exact) mass is 202 g/mol. The molecule has 2 aliphatic rings. The molecule has 0 amide bonds. The number of allylic oxidation sites excluding steroid dienone is 6. The molecule has 0 bridgehead atoms. The lowest BCUT2D eigenvalue weighted by Gasteiger charge is -2.15. The molecule has 0 heterocycles. The Balaban J connectivity index is 1.85. The maximum absolute atomic E-state index is 11.0. The first kappa shape index (κ1) is 10.4. The molecule has 2 unspecified atom stereocenters. The minimum Gasteiger partial charge on any atom is -0.295 e. The number of hydrogen-bond donors (Lipinski definition) is 0. The maximum Gasteiger partial charge on any atom is 0.155 e. The average molecular weight is 202 g/mol. The third-order valence-electron chi connectivity index (χ3n) is 3.19. The summed E-state index contributed by atoms with van der Waals surface area (Å²) in [6, 6.07) is 0. The molecule has 0 spiro atoms. The molecule has 2 aliphatic carbocycles. The van der Waals surface area contributed by atoms with Crippen LogP contribution in [-0.2, 0) is 4.79 Å². The first-order valence-corrected chi connectivity index (χ1v) is 5.89. The molecule has 2 rings (SSSR count). The lowest BCUT2D eigenvalue weighted by Crippen LogP contribution is -2.06. The van der Waals surface area contributed by atoms with Crippen LogP contribution in [0.15, 0.2) is 36.5 Å². The van der Waals surface area contributed by atoms with Gasteiger partial charge in [0, 0.05) is 6.42 Å². The van der Waals surface area contributed by atoms with Gasteiger partial charge in [-0.1, -0.05) is 30.4 Å². The summed E-state index contributed by atoms with van der Waals surface area (Å²) < 4.78 is 0. The fraction of sp³-hybridized carbons (Fsp3) is 0.500. The summed E-state index contributed by atoms with van der Waals surface area (Å²) in [4.78, 5) is 11.0. The van der Waals surface area contributed by atoms with E-state index in [0.717, 1.165) is 18.8 Å². The quantitative estimate of drug-likeness (QED) is 0.627. The third kappa shape index (κ3) is 3.19. The van der Waals surface area contributed by atoms with Crippen molar-refractivity contribution in [2.24, 2.45) is 11.8 Å². The first-order chi connectivity index (χ1) is 7.34. The Morgan fingerprint density at radius 1 is 1.20 bits per heavy atom. The van der Waals surface area contributed by atoms with E-state index in [2.05, 4.69) is 24.3 Å². The predicted octanol–water partition coefficient (Wildman–Crippen LogP) is 3.43. The second-order valence-electron chi connectivity index (χ2n) is 4.46. The van der Waals surface area contributed by atoms with Gasteiger partial charge in [0.1, 0.15) is 0 Å². The molecule has 2 atom stereocenters. The van der Waals surface area contributed by atoms with Crippen molar-refractivity contribution in [2.75, 3.05) is 0 Å². The summed E-state index contributed by atoms with van der Waals surface area (Å²) in [7, 11) is 0. The van der Waals surface area contributed by atoms with E-state index in [1.165, 1.54) is 19.3 Å². The number of carbonyl (C=O) groups is 1. The fourth-order valence-electron chi connectivity index (χ4n) is 2.17. The van der Waals surface area contributed by atoms with E-state index >= 15 is 0 Å². The van der Waals surface area contributed by atoms with Crippen LogP contribution in [0.2, 0.25) is 0 Å². The second kappa shape index (κ2) is 5.11. The number of hydrogen-bond acceptors (Lipinski definition) is 1. The summed E-state index contributed by atoms with van der Waals surface area (Å²) in [6.07, 6.45) is 18.3. The highest BCUT2D eigenvalue weighted by Gasteiger charge is 2.11. The molecule has 0 fully saturated rings. The van der Waals surface area contributed by atoms with Gasteiger partial charge in [0.2, 0.25) is 0 Å². The van der Waals surface area contributed by atoms with Crippen molar-refractivity contribution in [1.82, 2.24) is 0 Å². The molecule has 0 saturated heterocycles. The SMILES string of the molecule is O=C1C=CC(/C=C/C2CC=CCC2)CC1. The van der Waals surface area contributed by atoms with Gasteiger partial charge < -0.3 is 0 Å². The Bertz CT molecular complexity index is 309. The third-order valence-corrected chi connectivity index (χ3v) is 3.19.